The molecular weight excluding hydrogens is 292 g/mol. The standard InChI is InChI=1S/C17H22N4S/c1-22-17-19-10-12-3-2-11-8-9-21(16(11)15(12)20-17)14-6-4-13(18)5-7-14/h8-10,13-14H,2-7,18H2,1H3/t13-,14+. The maximum atomic E-state index is 6.07. The van der Waals surface area contributed by atoms with E-state index in [-0.39, 0.29) is 0 Å². The molecule has 0 saturated heterocycles. The molecule has 0 bridgehead atoms. The Bertz CT molecular complexity index is 686. The SMILES string of the molecule is CSc1ncc2c(n1)-c1c(ccn1[C@H]1CC[C@@H](N)CC1)CC2. The molecule has 1 saturated carbocycles. The van der Waals surface area contributed by atoms with Crippen LogP contribution in [0.2, 0.25) is 0 Å². The molecule has 2 aliphatic carbocycles. The lowest BCUT2D eigenvalue weighted by molar-refractivity contribution is 0.326. The number of hydrogen-bond donors (Lipinski definition) is 1. The predicted molar refractivity (Wildman–Crippen MR) is 90.1 cm³/mol. The first kappa shape index (κ1) is 14.3. The molecular formula is C17H22N4S. The molecule has 0 amide bonds. The van der Waals surface area contributed by atoms with E-state index in [0.29, 0.717) is 12.1 Å². The third-order valence-electron chi connectivity index (χ3n) is 5.05. The van der Waals surface area contributed by atoms with E-state index in [4.69, 9.17) is 10.7 Å². The minimum absolute atomic E-state index is 0.389. The minimum atomic E-state index is 0.389. The minimum Gasteiger partial charge on any atom is -0.343 e. The number of nitrogens with zero attached hydrogens (tertiary/aromatic N) is 3. The van der Waals surface area contributed by atoms with E-state index in [9.17, 15) is 0 Å². The van der Waals surface area contributed by atoms with Crippen molar-refractivity contribution in [3.8, 4) is 11.4 Å². The fourth-order valence-corrected chi connectivity index (χ4v) is 4.14. The van der Waals surface area contributed by atoms with Crippen molar-refractivity contribution in [2.24, 2.45) is 5.73 Å². The summed E-state index contributed by atoms with van der Waals surface area (Å²) in [4.78, 5) is 9.27. The van der Waals surface area contributed by atoms with Crippen molar-refractivity contribution in [1.82, 2.24) is 14.5 Å². The monoisotopic (exact) mass is 314 g/mol. The van der Waals surface area contributed by atoms with E-state index in [2.05, 4.69) is 21.8 Å². The van der Waals surface area contributed by atoms with Crippen molar-refractivity contribution in [2.45, 2.75) is 55.8 Å². The van der Waals surface area contributed by atoms with Crippen LogP contribution in [0.25, 0.3) is 11.4 Å². The van der Waals surface area contributed by atoms with Crippen LogP contribution < -0.4 is 5.73 Å². The van der Waals surface area contributed by atoms with Gasteiger partial charge in [-0.3, -0.25) is 0 Å². The Labute approximate surface area is 135 Å². The van der Waals surface area contributed by atoms with Crippen LogP contribution in [0.3, 0.4) is 0 Å². The zero-order valence-corrected chi connectivity index (χ0v) is 13.8. The van der Waals surface area contributed by atoms with E-state index in [1.54, 1.807) is 11.8 Å². The third-order valence-corrected chi connectivity index (χ3v) is 5.61. The number of rotatable bonds is 2. The molecule has 0 unspecified atom stereocenters. The van der Waals surface area contributed by atoms with E-state index in [1.165, 1.54) is 29.7 Å². The molecule has 1 fully saturated rings. The summed E-state index contributed by atoms with van der Waals surface area (Å²) in [7, 11) is 0. The van der Waals surface area contributed by atoms with E-state index >= 15 is 0 Å². The molecule has 0 atom stereocenters. The number of thioether (sulfide) groups is 1. The molecule has 2 heterocycles. The van der Waals surface area contributed by atoms with Gasteiger partial charge in [-0.05, 0) is 62.0 Å². The summed E-state index contributed by atoms with van der Waals surface area (Å²) in [6.07, 6.45) is 13.1. The first-order valence-electron chi connectivity index (χ1n) is 8.12. The largest absolute Gasteiger partial charge is 0.343 e. The van der Waals surface area contributed by atoms with Crippen LogP contribution in [0.1, 0.15) is 42.9 Å². The normalized spacial score (nSPS) is 23.9. The molecule has 2 aliphatic rings. The van der Waals surface area contributed by atoms with E-state index < -0.39 is 0 Å². The van der Waals surface area contributed by atoms with Gasteiger partial charge in [0, 0.05) is 24.5 Å². The molecule has 4 nitrogen and oxygen atoms in total. The zero-order chi connectivity index (χ0) is 15.1. The Morgan fingerprint density at radius 3 is 2.73 bits per heavy atom. The summed E-state index contributed by atoms with van der Waals surface area (Å²) in [6, 6.07) is 3.25. The summed E-state index contributed by atoms with van der Waals surface area (Å²) < 4.78 is 2.47. The molecule has 0 spiro atoms. The number of nitrogens with two attached hydrogens (primary N) is 1. The van der Waals surface area contributed by atoms with Crippen LogP contribution in [0.15, 0.2) is 23.6 Å². The Morgan fingerprint density at radius 2 is 1.95 bits per heavy atom. The molecule has 4 rings (SSSR count). The Balaban J connectivity index is 1.77. The second-order valence-electron chi connectivity index (χ2n) is 6.40. The lowest BCUT2D eigenvalue weighted by Gasteiger charge is -2.30. The van der Waals surface area contributed by atoms with Crippen molar-refractivity contribution >= 4 is 11.8 Å². The lowest BCUT2D eigenvalue weighted by atomic mass is 9.90. The fraction of sp³-hybridized carbons (Fsp3) is 0.529. The topological polar surface area (TPSA) is 56.7 Å². The third kappa shape index (κ3) is 2.36. The maximum Gasteiger partial charge on any atom is 0.187 e. The molecule has 22 heavy (non-hydrogen) atoms. The molecule has 0 radical (unpaired) electrons. The molecule has 5 heteroatoms. The number of hydrogen-bond acceptors (Lipinski definition) is 4. The van der Waals surface area contributed by atoms with Crippen molar-refractivity contribution < 1.29 is 0 Å². The first-order chi connectivity index (χ1) is 10.8. The highest BCUT2D eigenvalue weighted by Crippen LogP contribution is 2.38. The van der Waals surface area contributed by atoms with Gasteiger partial charge < -0.3 is 10.3 Å². The Kier molecular flexibility index (Phi) is 3.70. The van der Waals surface area contributed by atoms with Crippen LogP contribution >= 0.6 is 11.8 Å². The van der Waals surface area contributed by atoms with Crippen molar-refractivity contribution in [1.29, 1.82) is 0 Å². The van der Waals surface area contributed by atoms with Gasteiger partial charge in [0.15, 0.2) is 5.16 Å². The van der Waals surface area contributed by atoms with Gasteiger partial charge in [-0.25, -0.2) is 9.97 Å². The highest BCUT2D eigenvalue weighted by Gasteiger charge is 2.27. The molecule has 2 aromatic heterocycles. The second-order valence-corrected chi connectivity index (χ2v) is 7.17. The van der Waals surface area contributed by atoms with Gasteiger partial charge in [-0.2, -0.15) is 0 Å². The summed E-state index contributed by atoms with van der Waals surface area (Å²) in [6.45, 7) is 0. The first-order valence-corrected chi connectivity index (χ1v) is 9.34. The second kappa shape index (κ2) is 5.70. The number of fused-ring (bicyclic) bond motifs is 3. The van der Waals surface area contributed by atoms with Gasteiger partial charge in [0.25, 0.3) is 0 Å². The van der Waals surface area contributed by atoms with Gasteiger partial charge in [0.2, 0.25) is 0 Å². The van der Waals surface area contributed by atoms with E-state index in [0.717, 1.165) is 36.5 Å². The average Bonchev–Trinajstić information content (AvgIpc) is 2.99. The molecule has 2 aromatic rings. The smallest absolute Gasteiger partial charge is 0.187 e. The predicted octanol–water partition coefficient (Wildman–Crippen LogP) is 3.21. The molecule has 2 N–H and O–H groups in total. The quantitative estimate of drug-likeness (QED) is 0.683. The number of aromatic nitrogens is 3. The maximum absolute atomic E-state index is 6.07. The summed E-state index contributed by atoms with van der Waals surface area (Å²) in [5.74, 6) is 0. The van der Waals surface area contributed by atoms with Crippen LogP contribution in [0.5, 0.6) is 0 Å². The van der Waals surface area contributed by atoms with Crippen molar-refractivity contribution in [2.75, 3.05) is 6.26 Å². The Morgan fingerprint density at radius 1 is 1.18 bits per heavy atom. The van der Waals surface area contributed by atoms with Gasteiger partial charge in [-0.1, -0.05) is 11.8 Å². The van der Waals surface area contributed by atoms with Gasteiger partial charge in [0.1, 0.15) is 0 Å². The molecule has 0 aliphatic heterocycles. The van der Waals surface area contributed by atoms with E-state index in [1.807, 2.05) is 12.5 Å². The van der Waals surface area contributed by atoms with Gasteiger partial charge >= 0.3 is 0 Å². The summed E-state index contributed by atoms with van der Waals surface area (Å²) >= 11 is 1.61. The molecule has 0 aromatic carbocycles. The van der Waals surface area contributed by atoms with Gasteiger partial charge in [-0.15, -0.1) is 0 Å². The van der Waals surface area contributed by atoms with Gasteiger partial charge in [0.05, 0.1) is 11.4 Å². The number of aryl methyl sites for hydroxylation is 2. The van der Waals surface area contributed by atoms with Crippen LogP contribution in [-0.2, 0) is 12.8 Å². The van der Waals surface area contributed by atoms with Crippen LogP contribution in [-0.4, -0.2) is 26.8 Å². The fourth-order valence-electron chi connectivity index (χ4n) is 3.80. The summed E-state index contributed by atoms with van der Waals surface area (Å²) in [5, 5.41) is 0.866. The van der Waals surface area contributed by atoms with Crippen molar-refractivity contribution in [3.63, 3.8) is 0 Å². The lowest BCUT2D eigenvalue weighted by Crippen LogP contribution is -2.28. The highest BCUT2D eigenvalue weighted by atomic mass is 32.2. The summed E-state index contributed by atoms with van der Waals surface area (Å²) in [5.41, 5.74) is 11.3. The average molecular weight is 314 g/mol. The van der Waals surface area contributed by atoms with Crippen molar-refractivity contribution in [3.05, 3.63) is 29.6 Å². The Hall–Kier alpha value is -1.33. The highest BCUT2D eigenvalue weighted by molar-refractivity contribution is 7.98. The molecule has 116 valence electrons. The van der Waals surface area contributed by atoms with Crippen LogP contribution in [0.4, 0.5) is 0 Å². The van der Waals surface area contributed by atoms with Crippen LogP contribution in [0, 0.1) is 0 Å². The zero-order valence-electron chi connectivity index (χ0n) is 13.0.